The second-order valence-electron chi connectivity index (χ2n) is 5.22. The van der Waals surface area contributed by atoms with Gasteiger partial charge in [-0.05, 0) is 31.0 Å². The van der Waals surface area contributed by atoms with Crippen molar-refractivity contribution in [3.8, 4) is 11.8 Å². The predicted molar refractivity (Wildman–Crippen MR) is 83.0 cm³/mol. The summed E-state index contributed by atoms with van der Waals surface area (Å²) in [7, 11) is 1.37. The number of carbonyl (C=O) groups is 2. The molecule has 122 valence electrons. The van der Waals surface area contributed by atoms with Crippen molar-refractivity contribution in [3.63, 3.8) is 0 Å². The van der Waals surface area contributed by atoms with Crippen LogP contribution in [0.5, 0.6) is 5.75 Å². The molecule has 1 saturated heterocycles. The zero-order valence-corrected chi connectivity index (χ0v) is 13.5. The molecule has 0 spiro atoms. The zero-order valence-electron chi connectivity index (χ0n) is 12.8. The van der Waals surface area contributed by atoms with E-state index >= 15 is 0 Å². The molecule has 1 amide bonds. The number of hydrogen-bond donors (Lipinski definition) is 0. The van der Waals surface area contributed by atoms with Crippen molar-refractivity contribution in [2.75, 3.05) is 26.8 Å². The van der Waals surface area contributed by atoms with Gasteiger partial charge in [0, 0.05) is 13.1 Å². The van der Waals surface area contributed by atoms with Gasteiger partial charge in [0.15, 0.2) is 6.61 Å². The maximum absolute atomic E-state index is 12.1. The first-order chi connectivity index (χ1) is 11.0. The second kappa shape index (κ2) is 7.84. The van der Waals surface area contributed by atoms with E-state index in [0.717, 1.165) is 0 Å². The topological polar surface area (TPSA) is 79.6 Å². The molecule has 1 aliphatic rings. The normalized spacial score (nSPS) is 14.9. The Morgan fingerprint density at radius 1 is 1.39 bits per heavy atom. The lowest BCUT2D eigenvalue weighted by Gasteiger charge is -2.30. The zero-order chi connectivity index (χ0) is 16.8. The van der Waals surface area contributed by atoms with Crippen LogP contribution in [0.15, 0.2) is 18.2 Å². The highest BCUT2D eigenvalue weighted by Gasteiger charge is 2.28. The lowest BCUT2D eigenvalue weighted by Crippen LogP contribution is -2.42. The van der Waals surface area contributed by atoms with Crippen LogP contribution in [0.25, 0.3) is 0 Å². The Hall–Kier alpha value is -2.26. The molecule has 1 aromatic carbocycles. The summed E-state index contributed by atoms with van der Waals surface area (Å²) >= 11 is 5.99. The van der Waals surface area contributed by atoms with Crippen molar-refractivity contribution < 1.29 is 19.1 Å². The number of esters is 1. The number of hydrogen-bond acceptors (Lipinski definition) is 5. The molecule has 7 heteroatoms. The molecular weight excluding hydrogens is 320 g/mol. The van der Waals surface area contributed by atoms with Crippen LogP contribution in [0, 0.1) is 17.2 Å². The van der Waals surface area contributed by atoms with Gasteiger partial charge in [-0.3, -0.25) is 9.59 Å². The Morgan fingerprint density at radius 3 is 2.65 bits per heavy atom. The van der Waals surface area contributed by atoms with E-state index in [1.807, 2.05) is 6.07 Å². The van der Waals surface area contributed by atoms with Crippen LogP contribution >= 0.6 is 11.6 Å². The van der Waals surface area contributed by atoms with Crippen molar-refractivity contribution in [2.45, 2.75) is 12.8 Å². The van der Waals surface area contributed by atoms with Gasteiger partial charge in [0.25, 0.3) is 5.91 Å². The monoisotopic (exact) mass is 336 g/mol. The molecule has 1 aliphatic heterocycles. The second-order valence-corrected chi connectivity index (χ2v) is 5.63. The average molecular weight is 337 g/mol. The Kier molecular flexibility index (Phi) is 5.83. The van der Waals surface area contributed by atoms with Crippen LogP contribution in [0.4, 0.5) is 0 Å². The molecule has 1 heterocycles. The van der Waals surface area contributed by atoms with Crippen molar-refractivity contribution in [2.24, 2.45) is 5.92 Å². The van der Waals surface area contributed by atoms with Gasteiger partial charge in [-0.1, -0.05) is 11.6 Å². The van der Waals surface area contributed by atoms with Gasteiger partial charge in [0.05, 0.1) is 29.7 Å². The minimum absolute atomic E-state index is 0.130. The first-order valence-electron chi connectivity index (χ1n) is 7.23. The molecule has 0 aliphatic carbocycles. The molecular formula is C16H17ClN2O4. The van der Waals surface area contributed by atoms with Gasteiger partial charge in [0.2, 0.25) is 0 Å². The fraction of sp³-hybridized carbons (Fsp3) is 0.438. The van der Waals surface area contributed by atoms with Crippen LogP contribution in [-0.2, 0) is 14.3 Å². The quantitative estimate of drug-likeness (QED) is 0.786. The van der Waals surface area contributed by atoms with E-state index in [1.165, 1.54) is 13.2 Å². The van der Waals surface area contributed by atoms with Crippen LogP contribution in [0.1, 0.15) is 18.4 Å². The molecule has 6 nitrogen and oxygen atoms in total. The third-order valence-corrected chi connectivity index (χ3v) is 4.09. The summed E-state index contributed by atoms with van der Waals surface area (Å²) in [5.74, 6) is -0.159. The summed E-state index contributed by atoms with van der Waals surface area (Å²) in [5.41, 5.74) is 0.429. The molecule has 0 saturated carbocycles. The van der Waals surface area contributed by atoms with Crippen molar-refractivity contribution >= 4 is 23.5 Å². The summed E-state index contributed by atoms with van der Waals surface area (Å²) in [4.78, 5) is 25.3. The van der Waals surface area contributed by atoms with Crippen molar-refractivity contribution in [1.82, 2.24) is 4.90 Å². The number of nitrogens with zero attached hydrogens (tertiary/aromatic N) is 2. The standard InChI is InChI=1S/C16H17ClN2O4/c1-22-16(21)12-4-6-19(7-5-12)15(20)10-23-14-3-2-11(9-18)8-13(14)17/h2-3,8,12H,4-7,10H2,1H3. The lowest BCUT2D eigenvalue weighted by molar-refractivity contribution is -0.149. The number of methoxy groups -OCH3 is 1. The number of benzene rings is 1. The summed E-state index contributed by atoms with van der Waals surface area (Å²) in [6, 6.07) is 6.61. The van der Waals surface area contributed by atoms with Gasteiger partial charge >= 0.3 is 5.97 Å². The molecule has 0 radical (unpaired) electrons. The number of carbonyl (C=O) groups excluding carboxylic acids is 2. The summed E-state index contributed by atoms with van der Waals surface area (Å²) in [5, 5.41) is 9.07. The van der Waals surface area contributed by atoms with E-state index in [0.29, 0.717) is 42.3 Å². The van der Waals surface area contributed by atoms with E-state index < -0.39 is 0 Å². The smallest absolute Gasteiger partial charge is 0.308 e. The lowest BCUT2D eigenvalue weighted by atomic mass is 9.97. The number of ether oxygens (including phenoxy) is 2. The third-order valence-electron chi connectivity index (χ3n) is 3.79. The largest absolute Gasteiger partial charge is 0.482 e. The average Bonchev–Trinajstić information content (AvgIpc) is 2.59. The molecule has 0 bridgehead atoms. The summed E-state index contributed by atoms with van der Waals surface area (Å²) < 4.78 is 10.1. The minimum Gasteiger partial charge on any atom is -0.482 e. The Bertz CT molecular complexity index is 633. The van der Waals surface area contributed by atoms with E-state index in [4.69, 9.17) is 26.3 Å². The van der Waals surface area contributed by atoms with E-state index in [9.17, 15) is 9.59 Å². The molecule has 0 N–H and O–H groups in total. The Morgan fingerprint density at radius 2 is 2.09 bits per heavy atom. The maximum Gasteiger partial charge on any atom is 0.308 e. The van der Waals surface area contributed by atoms with Crippen molar-refractivity contribution in [1.29, 1.82) is 5.26 Å². The Balaban J connectivity index is 1.84. The molecule has 0 unspecified atom stereocenters. The summed E-state index contributed by atoms with van der Waals surface area (Å²) in [6.45, 7) is 0.876. The molecule has 0 atom stereocenters. The highest BCUT2D eigenvalue weighted by Crippen LogP contribution is 2.25. The van der Waals surface area contributed by atoms with Gasteiger partial charge in [-0.15, -0.1) is 0 Å². The van der Waals surface area contributed by atoms with Crippen LogP contribution < -0.4 is 4.74 Å². The van der Waals surface area contributed by atoms with Gasteiger partial charge in [-0.2, -0.15) is 5.26 Å². The van der Waals surface area contributed by atoms with E-state index in [-0.39, 0.29) is 24.4 Å². The number of likely N-dealkylation sites (tertiary alicyclic amines) is 1. The predicted octanol–water partition coefficient (Wildman–Crippen LogP) is 2.00. The first kappa shape index (κ1) is 17.1. The first-order valence-corrected chi connectivity index (χ1v) is 7.61. The highest BCUT2D eigenvalue weighted by atomic mass is 35.5. The SMILES string of the molecule is COC(=O)C1CCN(C(=O)COc2ccc(C#N)cc2Cl)CC1. The van der Waals surface area contributed by atoms with Crippen LogP contribution in [0.2, 0.25) is 5.02 Å². The fourth-order valence-corrected chi connectivity index (χ4v) is 2.68. The number of piperidine rings is 1. The van der Waals surface area contributed by atoms with Crippen LogP contribution in [-0.4, -0.2) is 43.6 Å². The maximum atomic E-state index is 12.1. The molecule has 1 fully saturated rings. The molecule has 1 aromatic rings. The summed E-state index contributed by atoms with van der Waals surface area (Å²) in [6.07, 6.45) is 1.19. The van der Waals surface area contributed by atoms with Gasteiger partial charge < -0.3 is 14.4 Å². The van der Waals surface area contributed by atoms with Gasteiger partial charge in [0.1, 0.15) is 5.75 Å². The highest BCUT2D eigenvalue weighted by molar-refractivity contribution is 6.32. The fourth-order valence-electron chi connectivity index (χ4n) is 2.45. The number of halogens is 1. The molecule has 2 rings (SSSR count). The van der Waals surface area contributed by atoms with E-state index in [1.54, 1.807) is 17.0 Å². The number of amides is 1. The van der Waals surface area contributed by atoms with Gasteiger partial charge in [-0.25, -0.2) is 0 Å². The van der Waals surface area contributed by atoms with Crippen molar-refractivity contribution in [3.05, 3.63) is 28.8 Å². The molecule has 23 heavy (non-hydrogen) atoms. The number of rotatable bonds is 4. The molecule has 0 aromatic heterocycles. The third kappa shape index (κ3) is 4.36. The number of nitriles is 1. The van der Waals surface area contributed by atoms with E-state index in [2.05, 4.69) is 0 Å². The Labute approximate surface area is 139 Å². The minimum atomic E-state index is -0.224. The van der Waals surface area contributed by atoms with Crippen LogP contribution in [0.3, 0.4) is 0 Å².